The van der Waals surface area contributed by atoms with Crippen molar-refractivity contribution in [2.45, 2.75) is 37.8 Å². The Morgan fingerprint density at radius 2 is 1.10 bits per heavy atom. The third-order valence-corrected chi connectivity index (χ3v) is 8.77. The lowest BCUT2D eigenvalue weighted by Gasteiger charge is -2.27. The molecule has 0 aromatic heterocycles. The molecule has 2 fully saturated rings. The molecule has 5 rings (SSSR count). The van der Waals surface area contributed by atoms with Crippen LogP contribution in [-0.4, -0.2) is 94.7 Å². The maximum Gasteiger partial charge on any atom is 0.200 e. The Bertz CT molecular complexity index is 1140. The number of ketones is 2. The SMILES string of the molecule is Cl.Cl.O=C1c2c(O)ccc(O)c2C(=O)c2c(NCCN3CCCC3CCl)ccc(NCCN3CCCC3CCl)c21. The summed E-state index contributed by atoms with van der Waals surface area (Å²) in [4.78, 5) is 32.1. The molecule has 0 amide bonds. The molecule has 0 bridgehead atoms. The van der Waals surface area contributed by atoms with Gasteiger partial charge in [-0.25, -0.2) is 0 Å². The van der Waals surface area contributed by atoms with Crippen molar-refractivity contribution in [1.29, 1.82) is 0 Å². The lowest BCUT2D eigenvalue weighted by Crippen LogP contribution is -2.35. The number of hydrogen-bond donors (Lipinski definition) is 4. The number of carbonyl (C=O) groups excluding carboxylic acids is 2. The zero-order valence-electron chi connectivity index (χ0n) is 22.1. The first-order valence-corrected chi connectivity index (χ1v) is 14.4. The van der Waals surface area contributed by atoms with Crippen molar-refractivity contribution in [2.75, 3.05) is 61.7 Å². The summed E-state index contributed by atoms with van der Waals surface area (Å²) in [5.41, 5.74) is 1.16. The van der Waals surface area contributed by atoms with Crippen molar-refractivity contribution in [1.82, 2.24) is 9.80 Å². The van der Waals surface area contributed by atoms with E-state index in [0.717, 1.165) is 51.9 Å². The Morgan fingerprint density at radius 1 is 0.700 bits per heavy atom. The van der Waals surface area contributed by atoms with Gasteiger partial charge in [0, 0.05) is 61.4 Å². The van der Waals surface area contributed by atoms with E-state index in [2.05, 4.69) is 20.4 Å². The summed E-state index contributed by atoms with van der Waals surface area (Å²) in [6.45, 7) is 4.63. The van der Waals surface area contributed by atoms with Gasteiger partial charge in [-0.15, -0.1) is 48.0 Å². The number of phenols is 2. The van der Waals surface area contributed by atoms with Crippen molar-refractivity contribution in [3.8, 4) is 11.5 Å². The molecule has 8 nitrogen and oxygen atoms in total. The molecule has 220 valence electrons. The van der Waals surface area contributed by atoms with E-state index in [1.165, 1.54) is 12.1 Å². The van der Waals surface area contributed by atoms with E-state index in [0.29, 0.717) is 48.3 Å². The van der Waals surface area contributed by atoms with Gasteiger partial charge in [-0.3, -0.25) is 19.4 Å². The van der Waals surface area contributed by atoms with Crippen LogP contribution in [0, 0.1) is 0 Å². The number of phenolic OH excluding ortho intramolecular Hbond substituents is 2. The van der Waals surface area contributed by atoms with Crippen LogP contribution in [0.1, 0.15) is 57.5 Å². The van der Waals surface area contributed by atoms with E-state index in [1.807, 2.05) is 0 Å². The zero-order chi connectivity index (χ0) is 26.8. The number of nitrogens with one attached hydrogen (secondary N) is 2. The van der Waals surface area contributed by atoms with Crippen LogP contribution in [-0.2, 0) is 0 Å². The fourth-order valence-corrected chi connectivity index (χ4v) is 6.76. The van der Waals surface area contributed by atoms with Crippen LogP contribution >= 0.6 is 48.0 Å². The minimum absolute atomic E-state index is 0. The number of rotatable bonds is 10. The van der Waals surface area contributed by atoms with Gasteiger partial charge in [0.15, 0.2) is 0 Å². The molecule has 0 radical (unpaired) electrons. The molecule has 2 aliphatic heterocycles. The predicted octanol–water partition coefficient (Wildman–Crippen LogP) is 4.95. The Balaban J connectivity index is 0.00000220. The molecule has 0 saturated carbocycles. The van der Waals surface area contributed by atoms with Crippen LogP contribution in [0.4, 0.5) is 11.4 Å². The van der Waals surface area contributed by atoms with Crippen molar-refractivity contribution < 1.29 is 19.8 Å². The number of nitrogens with zero attached hydrogens (tertiary/aromatic N) is 2. The van der Waals surface area contributed by atoms with Gasteiger partial charge in [-0.1, -0.05) is 0 Å². The fraction of sp³-hybridized carbons (Fsp3) is 0.500. The predicted molar refractivity (Wildman–Crippen MR) is 165 cm³/mol. The average molecular weight is 634 g/mol. The highest BCUT2D eigenvalue weighted by molar-refractivity contribution is 6.33. The third kappa shape index (κ3) is 6.27. The molecule has 40 heavy (non-hydrogen) atoms. The normalized spacial score (nSPS) is 20.4. The Kier molecular flexibility index (Phi) is 11.6. The van der Waals surface area contributed by atoms with Crippen molar-refractivity contribution in [3.05, 3.63) is 46.5 Å². The first-order valence-electron chi connectivity index (χ1n) is 13.3. The van der Waals surface area contributed by atoms with Gasteiger partial charge in [0.2, 0.25) is 11.6 Å². The summed E-state index contributed by atoms with van der Waals surface area (Å²) >= 11 is 12.2. The zero-order valence-corrected chi connectivity index (χ0v) is 25.3. The average Bonchev–Trinajstić information content (AvgIpc) is 3.57. The molecule has 4 N–H and O–H groups in total. The second-order valence-electron chi connectivity index (χ2n) is 10.2. The fourth-order valence-electron chi connectivity index (χ4n) is 6.06. The van der Waals surface area contributed by atoms with Gasteiger partial charge in [0.1, 0.15) is 11.5 Å². The molecular weight excluding hydrogens is 598 g/mol. The van der Waals surface area contributed by atoms with Crippen LogP contribution in [0.2, 0.25) is 0 Å². The van der Waals surface area contributed by atoms with Gasteiger partial charge in [-0.05, 0) is 63.0 Å². The largest absolute Gasteiger partial charge is 0.507 e. The smallest absolute Gasteiger partial charge is 0.200 e. The Morgan fingerprint density at radius 3 is 1.48 bits per heavy atom. The minimum Gasteiger partial charge on any atom is -0.507 e. The van der Waals surface area contributed by atoms with Crippen LogP contribution in [0.5, 0.6) is 11.5 Å². The quantitative estimate of drug-likeness (QED) is 0.184. The number of hydrogen-bond acceptors (Lipinski definition) is 8. The second kappa shape index (κ2) is 14.3. The van der Waals surface area contributed by atoms with Gasteiger partial charge < -0.3 is 20.8 Å². The van der Waals surface area contributed by atoms with Crippen LogP contribution in [0.3, 0.4) is 0 Å². The molecule has 12 heteroatoms. The summed E-state index contributed by atoms with van der Waals surface area (Å²) in [5, 5.41) is 27.7. The van der Waals surface area contributed by atoms with E-state index in [-0.39, 0.29) is 58.6 Å². The van der Waals surface area contributed by atoms with Crippen molar-refractivity contribution in [2.24, 2.45) is 0 Å². The third-order valence-electron chi connectivity index (χ3n) is 8.06. The lowest BCUT2D eigenvalue weighted by atomic mass is 9.81. The van der Waals surface area contributed by atoms with Gasteiger partial charge in [0.05, 0.1) is 22.3 Å². The van der Waals surface area contributed by atoms with Crippen molar-refractivity contribution in [3.63, 3.8) is 0 Å². The number of alkyl halides is 2. The number of fused-ring (bicyclic) bond motifs is 2. The lowest BCUT2D eigenvalue weighted by molar-refractivity contribution is 0.0975. The van der Waals surface area contributed by atoms with E-state index >= 15 is 0 Å². The maximum absolute atomic E-state index is 13.7. The molecule has 2 unspecified atom stereocenters. The number of likely N-dealkylation sites (tertiary alicyclic amines) is 2. The maximum atomic E-state index is 13.7. The number of carbonyl (C=O) groups is 2. The van der Waals surface area contributed by atoms with Crippen LogP contribution < -0.4 is 10.6 Å². The second-order valence-corrected chi connectivity index (χ2v) is 10.9. The van der Waals surface area contributed by atoms with Crippen LogP contribution in [0.15, 0.2) is 24.3 Å². The number of halogens is 4. The highest BCUT2D eigenvalue weighted by atomic mass is 35.5. The van der Waals surface area contributed by atoms with Crippen molar-refractivity contribution >= 4 is 71.0 Å². The van der Waals surface area contributed by atoms with Gasteiger partial charge >= 0.3 is 0 Å². The highest BCUT2D eigenvalue weighted by Crippen LogP contribution is 2.42. The number of benzene rings is 2. The van der Waals surface area contributed by atoms with E-state index < -0.39 is 11.6 Å². The molecule has 2 aromatic carbocycles. The summed E-state index contributed by atoms with van der Waals surface area (Å²) in [6, 6.07) is 6.78. The number of anilines is 2. The molecule has 2 atom stereocenters. The summed E-state index contributed by atoms with van der Waals surface area (Å²) in [5.74, 6) is -0.452. The Hall–Kier alpha value is -1.94. The number of aromatic hydroxyl groups is 2. The molecular formula is C28H36Cl4N4O4. The first kappa shape index (κ1) is 32.6. The highest BCUT2D eigenvalue weighted by Gasteiger charge is 2.38. The summed E-state index contributed by atoms with van der Waals surface area (Å²) in [6.07, 6.45) is 4.38. The minimum atomic E-state index is -0.490. The van der Waals surface area contributed by atoms with Gasteiger partial charge in [0.25, 0.3) is 0 Å². The molecule has 2 heterocycles. The molecule has 2 saturated heterocycles. The summed E-state index contributed by atoms with van der Waals surface area (Å²) < 4.78 is 0. The Labute approximate surface area is 257 Å². The standard InChI is InChI=1S/C28H34Cl2N4O4.2ClH/c29-15-17-3-1-11-33(17)13-9-31-19-5-6-20(32-10-14-34-12-2-4-18(34)16-30)24-23(19)27(37)25-21(35)7-8-22(36)26(25)28(24)38;;/h5-8,17-18,31-32,35-36H,1-4,9-16H2;2*1H. The topological polar surface area (TPSA) is 105 Å². The van der Waals surface area contributed by atoms with E-state index in [4.69, 9.17) is 23.2 Å². The molecule has 2 aromatic rings. The van der Waals surface area contributed by atoms with Crippen LogP contribution in [0.25, 0.3) is 0 Å². The molecule has 0 spiro atoms. The van der Waals surface area contributed by atoms with Gasteiger partial charge in [-0.2, -0.15) is 0 Å². The summed E-state index contributed by atoms with van der Waals surface area (Å²) in [7, 11) is 0. The molecule has 1 aliphatic carbocycles. The van der Waals surface area contributed by atoms with E-state index in [9.17, 15) is 19.8 Å². The van der Waals surface area contributed by atoms with E-state index in [1.54, 1.807) is 12.1 Å². The first-order chi connectivity index (χ1) is 18.4. The monoisotopic (exact) mass is 632 g/mol. The molecule has 3 aliphatic rings.